The molecule has 0 heterocycles. The van der Waals surface area contributed by atoms with Crippen LogP contribution >= 0.6 is 23.2 Å². The first-order chi connectivity index (χ1) is 11.4. The third kappa shape index (κ3) is 4.35. The normalized spacial score (nSPS) is 12.6. The number of nitrogens with zero attached hydrogens (tertiary/aromatic N) is 1. The molecule has 0 aliphatic rings. The van der Waals surface area contributed by atoms with E-state index in [-0.39, 0.29) is 21.4 Å². The molecule has 2 aromatic rings. The topological polar surface area (TPSA) is 71.5 Å². The van der Waals surface area contributed by atoms with Crippen LogP contribution in [0.2, 0.25) is 10.0 Å². The summed E-state index contributed by atoms with van der Waals surface area (Å²) >= 11 is 12.1. The number of benzene rings is 2. The standard InChI is InChI=1S/C16H17Cl2NO4S2/c1-11-7-8-13(24(3,20)21)9-15(11)25(22,23)19(2)10-12-5-4-6-14(17)16(12)18/h4-9H,10H2,1-3H3. The number of sulfonamides is 1. The lowest BCUT2D eigenvalue weighted by Crippen LogP contribution is -2.27. The predicted octanol–water partition coefficient (Wildman–Crippen LogP) is 3.53. The van der Waals surface area contributed by atoms with E-state index in [9.17, 15) is 16.8 Å². The number of hydrogen-bond acceptors (Lipinski definition) is 4. The highest BCUT2D eigenvalue weighted by atomic mass is 35.5. The van der Waals surface area contributed by atoms with E-state index in [2.05, 4.69) is 0 Å². The van der Waals surface area contributed by atoms with Crippen LogP contribution in [0.1, 0.15) is 11.1 Å². The molecule has 0 saturated heterocycles. The van der Waals surface area contributed by atoms with E-state index in [1.54, 1.807) is 25.1 Å². The van der Waals surface area contributed by atoms with Crippen molar-refractivity contribution in [3.63, 3.8) is 0 Å². The molecular formula is C16H17Cl2NO4S2. The first-order valence-electron chi connectivity index (χ1n) is 7.14. The molecule has 0 unspecified atom stereocenters. The molecule has 0 aromatic heterocycles. The maximum absolute atomic E-state index is 12.9. The van der Waals surface area contributed by atoms with Gasteiger partial charge < -0.3 is 0 Å². The minimum atomic E-state index is -3.91. The molecule has 0 amide bonds. The zero-order valence-corrected chi connectivity index (χ0v) is 17.0. The van der Waals surface area contributed by atoms with E-state index < -0.39 is 19.9 Å². The molecule has 0 atom stereocenters. The van der Waals surface area contributed by atoms with Gasteiger partial charge in [-0.3, -0.25) is 0 Å². The number of sulfone groups is 1. The van der Waals surface area contributed by atoms with Crippen LogP contribution < -0.4 is 0 Å². The summed E-state index contributed by atoms with van der Waals surface area (Å²) < 4.78 is 50.3. The van der Waals surface area contributed by atoms with Crippen LogP contribution in [0.25, 0.3) is 0 Å². The highest BCUT2D eigenvalue weighted by Crippen LogP contribution is 2.29. The summed E-state index contributed by atoms with van der Waals surface area (Å²) in [6.07, 6.45) is 1.03. The first-order valence-corrected chi connectivity index (χ1v) is 11.2. The Morgan fingerprint density at radius 1 is 1.04 bits per heavy atom. The fourth-order valence-electron chi connectivity index (χ4n) is 2.25. The molecule has 9 heteroatoms. The molecule has 0 aliphatic heterocycles. The molecule has 0 N–H and O–H groups in total. The van der Waals surface area contributed by atoms with E-state index in [0.717, 1.165) is 10.6 Å². The Morgan fingerprint density at radius 3 is 2.28 bits per heavy atom. The van der Waals surface area contributed by atoms with Crippen LogP contribution in [0.15, 0.2) is 46.2 Å². The molecule has 5 nitrogen and oxygen atoms in total. The van der Waals surface area contributed by atoms with E-state index >= 15 is 0 Å². The van der Waals surface area contributed by atoms with Crippen molar-refractivity contribution in [3.8, 4) is 0 Å². The molecule has 0 saturated carbocycles. The summed E-state index contributed by atoms with van der Waals surface area (Å²) in [5.41, 5.74) is 1.01. The number of hydrogen-bond donors (Lipinski definition) is 0. The van der Waals surface area contributed by atoms with Gasteiger partial charge in [-0.25, -0.2) is 16.8 Å². The largest absolute Gasteiger partial charge is 0.243 e. The van der Waals surface area contributed by atoms with Crippen molar-refractivity contribution in [1.82, 2.24) is 4.31 Å². The van der Waals surface area contributed by atoms with Gasteiger partial charge in [0.1, 0.15) is 0 Å². The van der Waals surface area contributed by atoms with Crippen molar-refractivity contribution in [2.24, 2.45) is 0 Å². The average molecular weight is 422 g/mol. The maximum Gasteiger partial charge on any atom is 0.243 e. The molecule has 2 aromatic carbocycles. The number of rotatable bonds is 5. The van der Waals surface area contributed by atoms with E-state index in [1.165, 1.54) is 25.2 Å². The van der Waals surface area contributed by atoms with Crippen LogP contribution in [0.4, 0.5) is 0 Å². The zero-order valence-electron chi connectivity index (χ0n) is 13.8. The van der Waals surface area contributed by atoms with Gasteiger partial charge in [-0.05, 0) is 36.2 Å². The van der Waals surface area contributed by atoms with Gasteiger partial charge >= 0.3 is 0 Å². The highest BCUT2D eigenvalue weighted by molar-refractivity contribution is 7.91. The van der Waals surface area contributed by atoms with Crippen LogP contribution in [-0.4, -0.2) is 34.4 Å². The molecule has 0 fully saturated rings. The lowest BCUT2D eigenvalue weighted by Gasteiger charge is -2.20. The summed E-state index contributed by atoms with van der Waals surface area (Å²) in [7, 11) is -6.03. The Labute approximate surface area is 158 Å². The van der Waals surface area contributed by atoms with Crippen LogP contribution in [0.3, 0.4) is 0 Å². The molecule has 0 bridgehead atoms. The lowest BCUT2D eigenvalue weighted by atomic mass is 10.2. The van der Waals surface area contributed by atoms with Crippen molar-refractivity contribution >= 4 is 43.1 Å². The molecule has 0 aliphatic carbocycles. The Kier molecular flexibility index (Phi) is 5.85. The molecule has 0 spiro atoms. The van der Waals surface area contributed by atoms with Crippen LogP contribution in [0.5, 0.6) is 0 Å². The van der Waals surface area contributed by atoms with Gasteiger partial charge in [0.25, 0.3) is 0 Å². The fraction of sp³-hybridized carbons (Fsp3) is 0.250. The van der Waals surface area contributed by atoms with E-state index in [1.807, 2.05) is 0 Å². The maximum atomic E-state index is 12.9. The monoisotopic (exact) mass is 421 g/mol. The van der Waals surface area contributed by atoms with Crippen molar-refractivity contribution in [2.75, 3.05) is 13.3 Å². The quantitative estimate of drug-likeness (QED) is 0.739. The van der Waals surface area contributed by atoms with Crippen molar-refractivity contribution in [2.45, 2.75) is 23.3 Å². The minimum Gasteiger partial charge on any atom is -0.224 e. The second-order valence-corrected chi connectivity index (χ2v) is 10.5. The Morgan fingerprint density at radius 2 is 1.68 bits per heavy atom. The van der Waals surface area contributed by atoms with Crippen molar-refractivity contribution < 1.29 is 16.8 Å². The van der Waals surface area contributed by atoms with Crippen LogP contribution in [-0.2, 0) is 26.4 Å². The average Bonchev–Trinajstić information content (AvgIpc) is 2.50. The van der Waals surface area contributed by atoms with Crippen LogP contribution in [0, 0.1) is 6.92 Å². The van der Waals surface area contributed by atoms with Gasteiger partial charge in [-0.1, -0.05) is 41.4 Å². The Hall–Kier alpha value is -1.12. The molecule has 0 radical (unpaired) electrons. The van der Waals surface area contributed by atoms with Gasteiger partial charge in [-0.15, -0.1) is 0 Å². The fourth-order valence-corrected chi connectivity index (χ4v) is 4.75. The number of aryl methyl sites for hydroxylation is 1. The summed E-state index contributed by atoms with van der Waals surface area (Å²) in [4.78, 5) is -0.109. The van der Waals surface area contributed by atoms with Gasteiger partial charge in [-0.2, -0.15) is 4.31 Å². The molecular weight excluding hydrogens is 405 g/mol. The molecule has 136 valence electrons. The van der Waals surface area contributed by atoms with Crippen molar-refractivity contribution in [3.05, 3.63) is 57.6 Å². The summed E-state index contributed by atoms with van der Waals surface area (Å²) in [5.74, 6) is 0. The Bertz CT molecular complexity index is 1020. The van der Waals surface area contributed by atoms with Gasteiger partial charge in [0.2, 0.25) is 10.0 Å². The summed E-state index contributed by atoms with van der Waals surface area (Å²) in [6.45, 7) is 1.61. The zero-order chi connectivity index (χ0) is 19.0. The van der Waals surface area contributed by atoms with Gasteiger partial charge in [0.05, 0.1) is 19.8 Å². The predicted molar refractivity (Wildman–Crippen MR) is 99.4 cm³/mol. The van der Waals surface area contributed by atoms with E-state index in [0.29, 0.717) is 16.1 Å². The smallest absolute Gasteiger partial charge is 0.224 e. The highest BCUT2D eigenvalue weighted by Gasteiger charge is 2.25. The number of halogens is 2. The second-order valence-electron chi connectivity index (χ2n) is 5.67. The minimum absolute atomic E-state index is 0.00424. The molecule has 2 rings (SSSR count). The van der Waals surface area contributed by atoms with E-state index in [4.69, 9.17) is 23.2 Å². The second kappa shape index (κ2) is 7.25. The third-order valence-corrected chi connectivity index (χ3v) is 7.61. The first kappa shape index (κ1) is 20.2. The van der Waals surface area contributed by atoms with Crippen molar-refractivity contribution in [1.29, 1.82) is 0 Å². The Balaban J connectivity index is 2.46. The summed E-state index contributed by atoms with van der Waals surface area (Å²) in [5, 5.41) is 0.619. The third-order valence-electron chi connectivity index (χ3n) is 3.70. The molecule has 25 heavy (non-hydrogen) atoms. The SMILES string of the molecule is Cc1ccc(S(C)(=O)=O)cc1S(=O)(=O)N(C)Cc1cccc(Cl)c1Cl. The van der Waals surface area contributed by atoms with Gasteiger partial charge in [0, 0.05) is 19.8 Å². The lowest BCUT2D eigenvalue weighted by molar-refractivity contribution is 0.466. The summed E-state index contributed by atoms with van der Waals surface area (Å²) in [6, 6.07) is 9.01. The van der Waals surface area contributed by atoms with Gasteiger partial charge in [0.15, 0.2) is 9.84 Å².